The second kappa shape index (κ2) is 7.94. The molecule has 0 bridgehead atoms. The average molecular weight is 356 g/mol. The maximum atomic E-state index is 11.8. The van der Waals surface area contributed by atoms with Crippen molar-refractivity contribution >= 4 is 22.4 Å². The zero-order valence-corrected chi connectivity index (χ0v) is 15.0. The third kappa shape index (κ3) is 4.90. The highest BCUT2D eigenvalue weighted by Crippen LogP contribution is 2.22. The Balaban J connectivity index is 1.40. The number of hydrogen-bond donors (Lipinski definition) is 1. The van der Waals surface area contributed by atoms with Crippen LogP contribution in [0.5, 0.6) is 5.75 Å². The molecule has 0 saturated heterocycles. The topological polar surface area (TPSA) is 69.0 Å². The third-order valence-electron chi connectivity index (χ3n) is 3.57. The first-order valence-electron chi connectivity index (χ1n) is 8.04. The van der Waals surface area contributed by atoms with E-state index in [1.165, 1.54) is 11.3 Å². The molecule has 0 radical (unpaired) electrons. The number of ether oxygens (including phenoxy) is 1. The van der Waals surface area contributed by atoms with Crippen LogP contribution in [0.2, 0.25) is 0 Å². The molecular formula is C18H20N4O2S. The molecule has 0 spiro atoms. The molecule has 7 heteroatoms. The molecule has 2 heterocycles. The highest BCUT2D eigenvalue weighted by molar-refractivity contribution is 7.13. The fourth-order valence-electron chi connectivity index (χ4n) is 2.33. The van der Waals surface area contributed by atoms with Gasteiger partial charge in [-0.2, -0.15) is 5.10 Å². The summed E-state index contributed by atoms with van der Waals surface area (Å²) in [5.41, 5.74) is 3.08. The van der Waals surface area contributed by atoms with Crippen LogP contribution in [-0.4, -0.2) is 27.3 Å². The molecule has 3 aromatic rings. The van der Waals surface area contributed by atoms with E-state index >= 15 is 0 Å². The molecule has 0 aliphatic carbocycles. The molecule has 25 heavy (non-hydrogen) atoms. The van der Waals surface area contributed by atoms with Crippen molar-refractivity contribution in [3.8, 4) is 16.9 Å². The minimum Gasteiger partial charge on any atom is -0.494 e. The molecule has 0 fully saturated rings. The Morgan fingerprint density at radius 2 is 2.08 bits per heavy atom. The lowest BCUT2D eigenvalue weighted by atomic mass is 10.1. The number of amides is 1. The van der Waals surface area contributed by atoms with Gasteiger partial charge in [-0.25, -0.2) is 4.98 Å². The Morgan fingerprint density at radius 1 is 1.28 bits per heavy atom. The lowest BCUT2D eigenvalue weighted by molar-refractivity contribution is -0.116. The summed E-state index contributed by atoms with van der Waals surface area (Å²) in [6.07, 6.45) is 4.86. The fourth-order valence-corrected chi connectivity index (χ4v) is 3.03. The quantitative estimate of drug-likeness (QED) is 0.656. The number of thiazole rings is 1. The van der Waals surface area contributed by atoms with E-state index in [1.54, 1.807) is 4.68 Å². The zero-order valence-electron chi connectivity index (χ0n) is 14.2. The first-order valence-corrected chi connectivity index (χ1v) is 8.92. The van der Waals surface area contributed by atoms with E-state index in [1.807, 2.05) is 56.0 Å². The Bertz CT molecular complexity index is 839. The molecule has 0 aliphatic heterocycles. The van der Waals surface area contributed by atoms with Crippen LogP contribution in [0.3, 0.4) is 0 Å². The SMILES string of the molecule is Cc1csc(NC(=O)CCCOc2ccc(-c3cnn(C)c3)cc2)n1. The number of benzene rings is 1. The lowest BCUT2D eigenvalue weighted by Gasteiger charge is -2.07. The number of rotatable bonds is 7. The first-order chi connectivity index (χ1) is 12.1. The van der Waals surface area contributed by atoms with Gasteiger partial charge in [0.25, 0.3) is 0 Å². The van der Waals surface area contributed by atoms with Crippen molar-refractivity contribution in [3.63, 3.8) is 0 Å². The summed E-state index contributed by atoms with van der Waals surface area (Å²) >= 11 is 1.43. The average Bonchev–Trinajstić information content (AvgIpc) is 3.21. The van der Waals surface area contributed by atoms with Gasteiger partial charge in [0, 0.05) is 30.6 Å². The van der Waals surface area contributed by atoms with Gasteiger partial charge >= 0.3 is 0 Å². The number of carbonyl (C=O) groups is 1. The van der Waals surface area contributed by atoms with Crippen molar-refractivity contribution in [2.24, 2.45) is 7.05 Å². The summed E-state index contributed by atoms with van der Waals surface area (Å²) in [6, 6.07) is 7.87. The number of anilines is 1. The Morgan fingerprint density at radius 3 is 2.72 bits per heavy atom. The van der Waals surface area contributed by atoms with Crippen molar-refractivity contribution in [2.45, 2.75) is 19.8 Å². The molecule has 1 amide bonds. The number of hydrogen-bond acceptors (Lipinski definition) is 5. The number of nitrogens with zero attached hydrogens (tertiary/aromatic N) is 3. The summed E-state index contributed by atoms with van der Waals surface area (Å²) in [6.45, 7) is 2.40. The molecule has 0 atom stereocenters. The minimum absolute atomic E-state index is 0.0372. The van der Waals surface area contributed by atoms with Crippen molar-refractivity contribution < 1.29 is 9.53 Å². The van der Waals surface area contributed by atoms with E-state index < -0.39 is 0 Å². The molecule has 130 valence electrons. The Hall–Kier alpha value is -2.67. The Kier molecular flexibility index (Phi) is 5.45. The van der Waals surface area contributed by atoms with Crippen LogP contribution < -0.4 is 10.1 Å². The molecule has 0 aliphatic rings. The van der Waals surface area contributed by atoms with Crippen molar-refractivity contribution in [3.05, 3.63) is 47.7 Å². The smallest absolute Gasteiger partial charge is 0.226 e. The summed E-state index contributed by atoms with van der Waals surface area (Å²) in [5, 5.41) is 9.52. The van der Waals surface area contributed by atoms with Gasteiger partial charge in [-0.3, -0.25) is 9.48 Å². The zero-order chi connectivity index (χ0) is 17.6. The Labute approximate surface area is 150 Å². The summed E-state index contributed by atoms with van der Waals surface area (Å²) < 4.78 is 7.47. The highest BCUT2D eigenvalue weighted by Gasteiger charge is 2.06. The number of carbonyl (C=O) groups excluding carboxylic acids is 1. The van der Waals surface area contributed by atoms with E-state index in [2.05, 4.69) is 15.4 Å². The van der Waals surface area contributed by atoms with Crippen molar-refractivity contribution in [1.82, 2.24) is 14.8 Å². The van der Waals surface area contributed by atoms with Gasteiger partial charge in [0.15, 0.2) is 5.13 Å². The van der Waals surface area contributed by atoms with E-state index in [4.69, 9.17) is 4.74 Å². The van der Waals surface area contributed by atoms with E-state index in [0.717, 1.165) is 22.6 Å². The summed E-state index contributed by atoms with van der Waals surface area (Å²) in [7, 11) is 1.90. The molecule has 2 aromatic heterocycles. The second-order valence-corrected chi connectivity index (χ2v) is 6.58. The van der Waals surface area contributed by atoms with Crippen LogP contribution in [0.4, 0.5) is 5.13 Å². The van der Waals surface area contributed by atoms with Gasteiger partial charge in [0.2, 0.25) is 5.91 Å². The molecule has 0 saturated carbocycles. The van der Waals surface area contributed by atoms with E-state index in [9.17, 15) is 4.79 Å². The molecule has 1 aromatic carbocycles. The number of aryl methyl sites for hydroxylation is 2. The van der Waals surface area contributed by atoms with Crippen molar-refractivity contribution in [1.29, 1.82) is 0 Å². The minimum atomic E-state index is -0.0372. The van der Waals surface area contributed by atoms with Crippen LogP contribution in [-0.2, 0) is 11.8 Å². The lowest BCUT2D eigenvalue weighted by Crippen LogP contribution is -2.12. The van der Waals surface area contributed by atoms with Gasteiger partial charge in [-0.1, -0.05) is 12.1 Å². The third-order valence-corrected chi connectivity index (χ3v) is 4.45. The van der Waals surface area contributed by atoms with Gasteiger partial charge in [0.05, 0.1) is 18.5 Å². The summed E-state index contributed by atoms with van der Waals surface area (Å²) in [4.78, 5) is 16.0. The largest absolute Gasteiger partial charge is 0.494 e. The molecule has 3 rings (SSSR count). The van der Waals surface area contributed by atoms with Gasteiger partial charge in [-0.15, -0.1) is 11.3 Å². The van der Waals surface area contributed by atoms with Gasteiger partial charge in [0.1, 0.15) is 5.75 Å². The van der Waals surface area contributed by atoms with E-state index in [0.29, 0.717) is 24.6 Å². The molecular weight excluding hydrogens is 336 g/mol. The van der Waals surface area contributed by atoms with Crippen LogP contribution in [0, 0.1) is 6.92 Å². The van der Waals surface area contributed by atoms with Crippen LogP contribution in [0.25, 0.3) is 11.1 Å². The number of nitrogens with one attached hydrogen (secondary N) is 1. The maximum Gasteiger partial charge on any atom is 0.226 e. The predicted octanol–water partition coefficient (Wildman–Crippen LogP) is 3.65. The first kappa shape index (κ1) is 17.2. The monoisotopic (exact) mass is 356 g/mol. The predicted molar refractivity (Wildman–Crippen MR) is 98.9 cm³/mol. The normalized spacial score (nSPS) is 10.6. The van der Waals surface area contributed by atoms with Gasteiger partial charge < -0.3 is 10.1 Å². The molecule has 6 nitrogen and oxygen atoms in total. The fraction of sp³-hybridized carbons (Fsp3) is 0.278. The van der Waals surface area contributed by atoms with Crippen LogP contribution in [0.15, 0.2) is 42.0 Å². The van der Waals surface area contributed by atoms with Crippen LogP contribution in [0.1, 0.15) is 18.5 Å². The van der Waals surface area contributed by atoms with Crippen LogP contribution >= 0.6 is 11.3 Å². The second-order valence-electron chi connectivity index (χ2n) is 5.72. The molecule has 0 unspecified atom stereocenters. The summed E-state index contributed by atoms with van der Waals surface area (Å²) in [5.74, 6) is 0.758. The maximum absolute atomic E-state index is 11.8. The number of aromatic nitrogens is 3. The standard InChI is InChI=1S/C18H20N4O2S/c1-13-12-25-18(20-13)21-17(23)4-3-9-24-16-7-5-14(6-8-16)15-10-19-22(2)11-15/h5-8,10-12H,3-4,9H2,1-2H3,(H,20,21,23). The molecule has 1 N–H and O–H groups in total. The van der Waals surface area contributed by atoms with Crippen molar-refractivity contribution in [2.75, 3.05) is 11.9 Å². The van der Waals surface area contributed by atoms with Gasteiger partial charge in [-0.05, 0) is 31.0 Å². The highest BCUT2D eigenvalue weighted by atomic mass is 32.1. The van der Waals surface area contributed by atoms with E-state index in [-0.39, 0.29) is 5.91 Å².